The Bertz CT molecular complexity index is 8.00. The van der Waals surface area contributed by atoms with Crippen LogP contribution in [0.4, 0.5) is 0 Å². The summed E-state index contributed by atoms with van der Waals surface area (Å²) in [7, 11) is 0. The fourth-order valence-corrected chi connectivity index (χ4v) is 0. The minimum Gasteiger partial charge on any atom is 0 e. The largest absolute Gasteiger partial charge is 0 e. The molecule has 0 unspecified atom stereocenters. The zero-order valence-corrected chi connectivity index (χ0v) is 2.93. The first-order valence-electron chi connectivity index (χ1n) is 0. The van der Waals surface area contributed by atoms with Gasteiger partial charge in [0.15, 0.2) is 17.4 Å². The van der Waals surface area contributed by atoms with Gasteiger partial charge in [-0.2, -0.15) is 0 Å². The standard InChI is InChI=1S/Al.Co.Li.Mn.4H. The molecule has 0 saturated carbocycles. The zero-order valence-electron chi connectivity index (χ0n) is 0.711. The Hall–Kier alpha value is 2.16. The van der Waals surface area contributed by atoms with Gasteiger partial charge in [0, 0.05) is 33.8 Å². The van der Waals surface area contributed by atoms with Crippen LogP contribution >= 0.6 is 0 Å². The van der Waals surface area contributed by atoms with Crippen molar-refractivity contribution in [3.05, 3.63) is 0 Å². The molecular formula is H4AlCoLiMn. The van der Waals surface area contributed by atoms with E-state index in [1.54, 1.807) is 0 Å². The van der Waals surface area contributed by atoms with E-state index < -0.39 is 0 Å². The summed E-state index contributed by atoms with van der Waals surface area (Å²) >= 11 is 0. The van der Waals surface area contributed by atoms with E-state index in [-0.39, 0.29) is 70.1 Å². The van der Waals surface area contributed by atoms with Crippen LogP contribution in [0.1, 0.15) is 0 Å². The van der Waals surface area contributed by atoms with Crippen LogP contribution in [-0.4, -0.2) is 36.2 Å². The molecule has 0 aromatic heterocycles. The van der Waals surface area contributed by atoms with Crippen molar-refractivity contribution in [2.24, 2.45) is 0 Å². The average molecular weight is 152 g/mol. The van der Waals surface area contributed by atoms with Crippen LogP contribution in [0, 0.1) is 0 Å². The molecule has 0 aromatic carbocycles. The molecule has 0 nitrogen and oxygen atoms in total. The van der Waals surface area contributed by atoms with E-state index in [0.29, 0.717) is 0 Å². The Morgan fingerprint density at radius 3 is 1.00 bits per heavy atom. The van der Waals surface area contributed by atoms with Crippen LogP contribution in [-0.2, 0) is 33.8 Å². The van der Waals surface area contributed by atoms with Gasteiger partial charge in [0.1, 0.15) is 0 Å². The van der Waals surface area contributed by atoms with Gasteiger partial charge in [-0.15, -0.1) is 0 Å². The third kappa shape index (κ3) is 8.91. The molecule has 0 aliphatic heterocycles. The summed E-state index contributed by atoms with van der Waals surface area (Å²) in [4.78, 5) is 0. The molecule has 0 heterocycles. The third-order valence-corrected chi connectivity index (χ3v) is 0. The van der Waals surface area contributed by atoms with Crippen molar-refractivity contribution in [2.75, 3.05) is 0 Å². The molecule has 0 spiro atoms. The van der Waals surface area contributed by atoms with Crippen molar-refractivity contribution >= 4 is 36.2 Å². The van der Waals surface area contributed by atoms with Gasteiger partial charge in [0.2, 0.25) is 0 Å². The van der Waals surface area contributed by atoms with E-state index in [9.17, 15) is 0 Å². The molecule has 2 radical (unpaired) electrons. The van der Waals surface area contributed by atoms with Gasteiger partial charge < -0.3 is 0 Å². The Morgan fingerprint density at radius 1 is 1.00 bits per heavy atom. The van der Waals surface area contributed by atoms with Crippen molar-refractivity contribution in [1.29, 1.82) is 0 Å². The number of hydrogen-bond acceptors (Lipinski definition) is 0. The second-order valence-electron chi connectivity index (χ2n) is 0. The maximum absolute atomic E-state index is 0. The van der Waals surface area contributed by atoms with Gasteiger partial charge in [-0.3, -0.25) is 0 Å². The van der Waals surface area contributed by atoms with Gasteiger partial charge in [-0.25, -0.2) is 0 Å². The molecular weight excluding hydrogens is 148 g/mol. The van der Waals surface area contributed by atoms with E-state index in [1.807, 2.05) is 0 Å². The maximum Gasteiger partial charge on any atom is 0 e. The van der Waals surface area contributed by atoms with Gasteiger partial charge in [0.05, 0.1) is 0 Å². The summed E-state index contributed by atoms with van der Waals surface area (Å²) < 4.78 is 0. The normalized spacial score (nSPS) is 0. The monoisotopic (exact) mass is 152 g/mol. The Balaban J connectivity index is 0. The van der Waals surface area contributed by atoms with Gasteiger partial charge in [0.25, 0.3) is 0 Å². The van der Waals surface area contributed by atoms with Gasteiger partial charge >= 0.3 is 18.9 Å². The minimum atomic E-state index is 0. The van der Waals surface area contributed by atoms with Gasteiger partial charge in [-0.05, 0) is 0 Å². The second-order valence-corrected chi connectivity index (χ2v) is 0. The molecule has 0 saturated heterocycles. The van der Waals surface area contributed by atoms with Crippen molar-refractivity contribution < 1.29 is 33.8 Å². The van der Waals surface area contributed by atoms with Crippen LogP contribution in [0.5, 0.6) is 0 Å². The minimum absolute atomic E-state index is 0. The smallest absolute Gasteiger partial charge is 0 e. The van der Waals surface area contributed by atoms with Gasteiger partial charge in [-0.1, -0.05) is 0 Å². The number of hydrogen-bond donors (Lipinski definition) is 0. The van der Waals surface area contributed by atoms with E-state index in [1.165, 1.54) is 0 Å². The Morgan fingerprint density at radius 2 is 1.00 bits per heavy atom. The molecule has 0 bridgehead atoms. The first-order chi connectivity index (χ1) is 0. The maximum atomic E-state index is 0. The Labute approximate surface area is 69.5 Å². The fourth-order valence-electron chi connectivity index (χ4n) is 0. The summed E-state index contributed by atoms with van der Waals surface area (Å²) in [6.07, 6.45) is 0. The van der Waals surface area contributed by atoms with Crippen molar-refractivity contribution in [3.63, 3.8) is 0 Å². The van der Waals surface area contributed by atoms with Crippen molar-refractivity contribution in [2.45, 2.75) is 0 Å². The summed E-state index contributed by atoms with van der Waals surface area (Å²) in [5.41, 5.74) is 0. The molecule has 0 aliphatic rings. The molecule has 0 aliphatic carbocycles. The molecule has 0 aromatic rings. The topological polar surface area (TPSA) is 0 Å². The molecule has 4 heteroatoms. The SMILES string of the molecule is [AlH3].[Co].[LiH].[Mn]. The van der Waals surface area contributed by atoms with E-state index >= 15 is 0 Å². The molecule has 0 atom stereocenters. The number of rotatable bonds is 0. The van der Waals surface area contributed by atoms with E-state index in [4.69, 9.17) is 0 Å². The first-order valence-corrected chi connectivity index (χ1v) is 0. The predicted octanol–water partition coefficient (Wildman–Crippen LogP) is -1.84. The van der Waals surface area contributed by atoms with E-state index in [2.05, 4.69) is 0 Å². The summed E-state index contributed by atoms with van der Waals surface area (Å²) in [6.45, 7) is 0. The average Bonchev–Trinajstić information content (AvgIpc) is 0. The molecule has 0 amide bonds. The first kappa shape index (κ1) is 35.2. The summed E-state index contributed by atoms with van der Waals surface area (Å²) in [5.74, 6) is 0. The molecule has 24 valence electrons. The molecule has 4 heavy (non-hydrogen) atoms. The summed E-state index contributed by atoms with van der Waals surface area (Å²) in [6, 6.07) is 0. The van der Waals surface area contributed by atoms with E-state index in [0.717, 1.165) is 0 Å². The molecule has 0 rings (SSSR count). The van der Waals surface area contributed by atoms with Crippen LogP contribution in [0.3, 0.4) is 0 Å². The predicted molar refractivity (Wildman–Crippen MR) is 17.1 cm³/mol. The third-order valence-electron chi connectivity index (χ3n) is 0. The van der Waals surface area contributed by atoms with Crippen LogP contribution in [0.25, 0.3) is 0 Å². The summed E-state index contributed by atoms with van der Waals surface area (Å²) in [5, 5.41) is 0. The molecule has 0 fully saturated rings. The zero-order chi connectivity index (χ0) is 0. The van der Waals surface area contributed by atoms with Crippen molar-refractivity contribution in [1.82, 2.24) is 0 Å². The van der Waals surface area contributed by atoms with Crippen LogP contribution in [0.15, 0.2) is 0 Å². The second kappa shape index (κ2) is 19.2. The van der Waals surface area contributed by atoms with Crippen LogP contribution < -0.4 is 0 Å². The van der Waals surface area contributed by atoms with Crippen LogP contribution in [0.2, 0.25) is 0 Å². The molecule has 0 N–H and O–H groups in total. The Kier molecular flexibility index (Phi) is 169. The van der Waals surface area contributed by atoms with Crippen molar-refractivity contribution in [3.8, 4) is 0 Å². The fraction of sp³-hybridized carbons (Fsp3) is 0. The quantitative estimate of drug-likeness (QED) is 0.358.